The molecule has 0 aliphatic carbocycles. The van der Waals surface area contributed by atoms with Gasteiger partial charge in [-0.25, -0.2) is 0 Å². The highest BCUT2D eigenvalue weighted by Crippen LogP contribution is 2.25. The summed E-state index contributed by atoms with van der Waals surface area (Å²) in [6.07, 6.45) is 1.17. The summed E-state index contributed by atoms with van der Waals surface area (Å²) in [6, 6.07) is 0. The molecule has 0 bridgehead atoms. The molecule has 46 valence electrons. The summed E-state index contributed by atoms with van der Waals surface area (Å²) in [4.78, 5) is 2.30. The summed E-state index contributed by atoms with van der Waals surface area (Å²) in [7, 11) is -0.485. The minimum absolute atomic E-state index is 0.468. The number of nitrogens with zero attached hydrogens (tertiary/aromatic N) is 1. The van der Waals surface area contributed by atoms with Crippen molar-refractivity contribution in [2.45, 2.75) is 11.8 Å². The van der Waals surface area contributed by atoms with Crippen molar-refractivity contribution >= 4 is 10.8 Å². The van der Waals surface area contributed by atoms with Crippen LogP contribution in [-0.2, 0) is 10.8 Å². The Labute approximate surface area is 51.3 Å². The molecule has 0 aromatic heterocycles. The van der Waals surface area contributed by atoms with Gasteiger partial charge in [0.25, 0.3) is 0 Å². The molecular formula is C5H9NOS. The topological polar surface area (TPSA) is 20.3 Å². The molecule has 0 N–H and O–H groups in total. The third-order valence-electron chi connectivity index (χ3n) is 1.95. The first-order valence-electron chi connectivity index (χ1n) is 2.99. The molecule has 2 fully saturated rings. The van der Waals surface area contributed by atoms with Crippen LogP contribution in [0.25, 0.3) is 0 Å². The van der Waals surface area contributed by atoms with E-state index in [1.807, 2.05) is 0 Å². The van der Waals surface area contributed by atoms with Gasteiger partial charge in [0, 0.05) is 29.6 Å². The predicted molar refractivity (Wildman–Crippen MR) is 33.0 cm³/mol. The van der Waals surface area contributed by atoms with E-state index in [9.17, 15) is 4.21 Å². The van der Waals surface area contributed by atoms with Gasteiger partial charge in [0.1, 0.15) is 0 Å². The summed E-state index contributed by atoms with van der Waals surface area (Å²) >= 11 is 0. The van der Waals surface area contributed by atoms with E-state index in [0.29, 0.717) is 5.37 Å². The van der Waals surface area contributed by atoms with Gasteiger partial charge < -0.3 is 0 Å². The smallest absolute Gasteiger partial charge is 0.0873 e. The van der Waals surface area contributed by atoms with Gasteiger partial charge >= 0.3 is 0 Å². The zero-order valence-electron chi connectivity index (χ0n) is 4.67. The lowest BCUT2D eigenvalue weighted by molar-refractivity contribution is 0.178. The molecule has 2 aliphatic rings. The molecular weight excluding hydrogens is 122 g/mol. The van der Waals surface area contributed by atoms with Crippen molar-refractivity contribution in [3.8, 4) is 0 Å². The Bertz CT molecular complexity index is 136. The number of hydrogen-bond acceptors (Lipinski definition) is 2. The summed E-state index contributed by atoms with van der Waals surface area (Å²) in [6.45, 7) is 2.27. The van der Waals surface area contributed by atoms with Crippen LogP contribution in [0, 0.1) is 0 Å². The van der Waals surface area contributed by atoms with E-state index in [0.717, 1.165) is 12.3 Å². The van der Waals surface area contributed by atoms with E-state index in [4.69, 9.17) is 0 Å². The van der Waals surface area contributed by atoms with Gasteiger partial charge in [-0.3, -0.25) is 9.11 Å². The monoisotopic (exact) mass is 131 g/mol. The van der Waals surface area contributed by atoms with Gasteiger partial charge in [-0.15, -0.1) is 0 Å². The maximum absolute atomic E-state index is 10.9. The highest BCUT2D eigenvalue weighted by atomic mass is 32.2. The molecule has 2 atom stereocenters. The van der Waals surface area contributed by atoms with Gasteiger partial charge in [-0.2, -0.15) is 0 Å². The predicted octanol–water partition coefficient (Wildman–Crippen LogP) is -0.220. The minimum Gasteiger partial charge on any atom is -0.288 e. The first-order valence-corrected chi connectivity index (χ1v) is 4.37. The van der Waals surface area contributed by atoms with Crippen LogP contribution in [0.3, 0.4) is 0 Å². The summed E-state index contributed by atoms with van der Waals surface area (Å²) < 4.78 is 10.9. The number of fused-ring (bicyclic) bond motifs is 1. The second kappa shape index (κ2) is 1.54. The molecule has 0 radical (unpaired) electrons. The van der Waals surface area contributed by atoms with E-state index in [2.05, 4.69) is 4.90 Å². The molecule has 2 aliphatic heterocycles. The Morgan fingerprint density at radius 3 is 2.62 bits per heavy atom. The van der Waals surface area contributed by atoms with Crippen LogP contribution in [0.5, 0.6) is 0 Å². The van der Waals surface area contributed by atoms with E-state index in [-0.39, 0.29) is 0 Å². The van der Waals surface area contributed by atoms with Crippen LogP contribution < -0.4 is 0 Å². The van der Waals surface area contributed by atoms with Gasteiger partial charge in [-0.1, -0.05) is 0 Å². The average molecular weight is 131 g/mol. The fourth-order valence-electron chi connectivity index (χ4n) is 1.31. The van der Waals surface area contributed by atoms with Crippen LogP contribution in [-0.4, -0.2) is 33.3 Å². The van der Waals surface area contributed by atoms with Crippen LogP contribution in [0.4, 0.5) is 0 Å². The molecule has 2 rings (SSSR count). The zero-order valence-corrected chi connectivity index (χ0v) is 5.49. The van der Waals surface area contributed by atoms with Gasteiger partial charge in [0.15, 0.2) is 0 Å². The molecule has 2 nitrogen and oxygen atoms in total. The minimum atomic E-state index is -0.485. The van der Waals surface area contributed by atoms with Crippen LogP contribution in [0.1, 0.15) is 6.42 Å². The van der Waals surface area contributed by atoms with Crippen molar-refractivity contribution in [3.63, 3.8) is 0 Å². The lowest BCUT2D eigenvalue weighted by Gasteiger charge is -2.32. The summed E-state index contributed by atoms with van der Waals surface area (Å²) in [5.74, 6) is 0.921. The Kier molecular flexibility index (Phi) is 0.954. The number of rotatable bonds is 0. The quantitative estimate of drug-likeness (QED) is 0.453. The van der Waals surface area contributed by atoms with Crippen molar-refractivity contribution in [3.05, 3.63) is 0 Å². The Morgan fingerprint density at radius 1 is 1.50 bits per heavy atom. The Morgan fingerprint density at radius 2 is 2.38 bits per heavy atom. The fourth-order valence-corrected chi connectivity index (χ4v) is 2.91. The number of hydrogen-bond donors (Lipinski definition) is 0. The first-order chi connectivity index (χ1) is 3.88. The van der Waals surface area contributed by atoms with Crippen molar-refractivity contribution in [1.82, 2.24) is 4.90 Å². The molecule has 0 amide bonds. The molecule has 0 aromatic rings. The zero-order chi connectivity index (χ0) is 5.56. The summed E-state index contributed by atoms with van der Waals surface area (Å²) in [5, 5.41) is 0.468. The van der Waals surface area contributed by atoms with Crippen molar-refractivity contribution in [2.24, 2.45) is 0 Å². The van der Waals surface area contributed by atoms with Crippen LogP contribution in [0.15, 0.2) is 0 Å². The molecule has 8 heavy (non-hydrogen) atoms. The van der Waals surface area contributed by atoms with Crippen molar-refractivity contribution < 1.29 is 4.21 Å². The molecule has 2 heterocycles. The van der Waals surface area contributed by atoms with Gasteiger partial charge in [0.05, 0.1) is 5.37 Å². The van der Waals surface area contributed by atoms with E-state index in [1.165, 1.54) is 13.0 Å². The van der Waals surface area contributed by atoms with Gasteiger partial charge in [0.2, 0.25) is 0 Å². The molecule has 0 spiro atoms. The largest absolute Gasteiger partial charge is 0.288 e. The second-order valence-corrected chi connectivity index (χ2v) is 4.08. The highest BCUT2D eigenvalue weighted by Gasteiger charge is 2.37. The lowest BCUT2D eigenvalue weighted by atomic mass is 10.2. The normalized spacial score (nSPS) is 46.0. The third kappa shape index (κ3) is 0.486. The average Bonchev–Trinajstić information content (AvgIpc) is 1.80. The van der Waals surface area contributed by atoms with E-state index < -0.39 is 10.8 Å². The fraction of sp³-hybridized carbons (Fsp3) is 1.00. The van der Waals surface area contributed by atoms with Crippen molar-refractivity contribution in [2.75, 3.05) is 18.8 Å². The third-order valence-corrected chi connectivity index (χ3v) is 3.68. The maximum atomic E-state index is 10.9. The molecule has 0 aromatic carbocycles. The standard InChI is InChI=1S/C5H9NOS/c7-8-4-3-6-2-1-5(6)8/h5H,1-4H2. The molecule has 3 heteroatoms. The van der Waals surface area contributed by atoms with Crippen LogP contribution >= 0.6 is 0 Å². The highest BCUT2D eigenvalue weighted by molar-refractivity contribution is 7.85. The van der Waals surface area contributed by atoms with Crippen LogP contribution in [0.2, 0.25) is 0 Å². The SMILES string of the molecule is O=S1CCN2CCC21. The Balaban J connectivity index is 2.15. The Hall–Kier alpha value is 0.110. The summed E-state index contributed by atoms with van der Waals surface area (Å²) in [5.41, 5.74) is 0. The van der Waals surface area contributed by atoms with E-state index in [1.54, 1.807) is 0 Å². The van der Waals surface area contributed by atoms with Gasteiger partial charge in [-0.05, 0) is 6.42 Å². The molecule has 2 saturated heterocycles. The molecule has 2 unspecified atom stereocenters. The lowest BCUT2D eigenvalue weighted by Crippen LogP contribution is -2.43. The maximum Gasteiger partial charge on any atom is 0.0873 e. The van der Waals surface area contributed by atoms with E-state index >= 15 is 0 Å². The molecule has 0 saturated carbocycles. The van der Waals surface area contributed by atoms with Crippen molar-refractivity contribution in [1.29, 1.82) is 0 Å². The second-order valence-electron chi connectivity index (χ2n) is 2.36. The first kappa shape index (κ1) is 4.94.